The number of imidazole rings is 1. The monoisotopic (exact) mass is 758 g/mol. The molecule has 0 aliphatic heterocycles. The van der Waals surface area contributed by atoms with Gasteiger partial charge in [-0.05, 0) is 109 Å². The van der Waals surface area contributed by atoms with Crippen molar-refractivity contribution in [3.8, 4) is 33.5 Å². The predicted molar refractivity (Wildman–Crippen MR) is 247 cm³/mol. The van der Waals surface area contributed by atoms with Crippen molar-refractivity contribution in [3.63, 3.8) is 0 Å². The molecular weight excluding hydrogens is 729 g/mol. The molecule has 13 rings (SSSR count). The number of fused-ring (bicyclic) bond motifs is 14. The molecule has 0 bridgehead atoms. The van der Waals surface area contributed by atoms with Gasteiger partial charge in [0.05, 0.1) is 21.4 Å². The molecule has 4 heterocycles. The summed E-state index contributed by atoms with van der Waals surface area (Å²) in [5.74, 6) is 0. The molecule has 0 saturated carbocycles. The third kappa shape index (κ3) is 4.66. The average Bonchev–Trinajstić information content (AvgIpc) is 3.96. The maximum atomic E-state index is 5.44. The van der Waals surface area contributed by atoms with Gasteiger partial charge in [-0.1, -0.05) is 133 Å². The summed E-state index contributed by atoms with van der Waals surface area (Å²) in [7, 11) is 0. The van der Waals surface area contributed by atoms with E-state index in [9.17, 15) is 0 Å². The van der Waals surface area contributed by atoms with Crippen LogP contribution in [-0.4, -0.2) is 9.38 Å². The summed E-state index contributed by atoms with van der Waals surface area (Å²) in [6.45, 7) is 0. The molecule has 0 unspecified atom stereocenters. The van der Waals surface area contributed by atoms with E-state index in [4.69, 9.17) is 4.98 Å². The maximum absolute atomic E-state index is 5.44. The Morgan fingerprint density at radius 3 is 1.81 bits per heavy atom. The van der Waals surface area contributed by atoms with Crippen LogP contribution in [0.4, 0.5) is 0 Å². The first-order valence-electron chi connectivity index (χ1n) is 19.4. The zero-order valence-corrected chi connectivity index (χ0v) is 32.2. The van der Waals surface area contributed by atoms with Gasteiger partial charge >= 0.3 is 0 Å². The molecule has 0 spiro atoms. The molecule has 0 aliphatic rings. The summed E-state index contributed by atoms with van der Waals surface area (Å²) < 4.78 is 7.57. The molecule has 0 aliphatic carbocycles. The van der Waals surface area contributed by atoms with E-state index in [1.54, 1.807) is 0 Å². The van der Waals surface area contributed by atoms with E-state index in [2.05, 4.69) is 186 Å². The van der Waals surface area contributed by atoms with E-state index in [1.807, 2.05) is 22.7 Å². The van der Waals surface area contributed by atoms with Gasteiger partial charge in [0.25, 0.3) is 0 Å². The number of benzene rings is 9. The Hall–Kier alpha value is -6.85. The average molecular weight is 759 g/mol. The topological polar surface area (TPSA) is 17.3 Å². The van der Waals surface area contributed by atoms with Gasteiger partial charge in [-0.25, -0.2) is 4.98 Å². The quantitative estimate of drug-likeness (QED) is 0.164. The van der Waals surface area contributed by atoms with E-state index < -0.39 is 0 Å². The summed E-state index contributed by atoms with van der Waals surface area (Å²) in [6.07, 6.45) is 0. The van der Waals surface area contributed by atoms with Crippen LogP contribution in [0.25, 0.3) is 123 Å². The summed E-state index contributed by atoms with van der Waals surface area (Å²) in [6, 6.07) is 67.2. The van der Waals surface area contributed by atoms with Gasteiger partial charge in [0.1, 0.15) is 0 Å². The van der Waals surface area contributed by atoms with Gasteiger partial charge in [0.15, 0.2) is 5.65 Å². The number of hydrogen-bond acceptors (Lipinski definition) is 3. The largest absolute Gasteiger partial charge is 0.291 e. The summed E-state index contributed by atoms with van der Waals surface area (Å²) >= 11 is 3.72. The Morgan fingerprint density at radius 1 is 0.386 bits per heavy atom. The molecular formula is C53H30N2S2. The first-order valence-corrected chi connectivity index (χ1v) is 21.0. The smallest absolute Gasteiger partial charge is 0.156 e. The van der Waals surface area contributed by atoms with Crippen molar-refractivity contribution < 1.29 is 0 Å². The highest BCUT2D eigenvalue weighted by molar-refractivity contribution is 7.27. The van der Waals surface area contributed by atoms with E-state index >= 15 is 0 Å². The van der Waals surface area contributed by atoms with E-state index in [0.717, 1.165) is 27.9 Å². The van der Waals surface area contributed by atoms with Crippen molar-refractivity contribution >= 4 is 112 Å². The van der Waals surface area contributed by atoms with Crippen LogP contribution in [-0.2, 0) is 0 Å². The molecule has 13 aromatic rings. The van der Waals surface area contributed by atoms with Gasteiger partial charge in [-0.3, -0.25) is 4.40 Å². The SMILES string of the molecule is c1ccc2cc3cc4c(cc3cc2c1)nc1c2sc3ccc5ccccc5c3c2cc(-c2ccc(-c3ccc(-c5cccc6sc7ccccc7c56)cc3)cc2)n41. The molecule has 0 fully saturated rings. The van der Waals surface area contributed by atoms with Gasteiger partial charge in [0, 0.05) is 35.6 Å². The van der Waals surface area contributed by atoms with E-state index in [1.165, 1.54) is 94.9 Å². The molecule has 57 heavy (non-hydrogen) atoms. The molecule has 0 atom stereocenters. The normalized spacial score (nSPS) is 12.2. The number of pyridine rings is 1. The highest BCUT2D eigenvalue weighted by Gasteiger charge is 2.20. The maximum Gasteiger partial charge on any atom is 0.156 e. The van der Waals surface area contributed by atoms with Crippen LogP contribution in [0.2, 0.25) is 0 Å². The predicted octanol–water partition coefficient (Wildman–Crippen LogP) is 15.7. The zero-order chi connectivity index (χ0) is 37.2. The molecule has 4 aromatic heterocycles. The standard InChI is InChI=1S/C53H30N2S2/c1-2-10-37-27-39-29-46-44(28-38(39)26-36(37)9-1)54-53-52-43(51-40-11-4-3-8-33(40)24-25-49(51)57-52)30-45(55(46)53)35-22-18-32(19-23-35)31-16-20-34(21-17-31)41-13-7-15-48-50(41)42-12-5-6-14-47(42)56-48/h1-30H. The Balaban J connectivity index is 0.988. The van der Waals surface area contributed by atoms with Crippen molar-refractivity contribution in [2.75, 3.05) is 0 Å². The van der Waals surface area contributed by atoms with Crippen LogP contribution in [0.1, 0.15) is 0 Å². The van der Waals surface area contributed by atoms with Crippen LogP contribution in [0, 0.1) is 0 Å². The van der Waals surface area contributed by atoms with Crippen molar-refractivity contribution in [1.29, 1.82) is 0 Å². The van der Waals surface area contributed by atoms with Crippen LogP contribution < -0.4 is 0 Å². The fraction of sp³-hybridized carbons (Fsp3) is 0. The third-order valence-corrected chi connectivity index (χ3v) is 14.2. The van der Waals surface area contributed by atoms with Crippen LogP contribution >= 0.6 is 22.7 Å². The number of thiophene rings is 2. The highest BCUT2D eigenvalue weighted by atomic mass is 32.1. The van der Waals surface area contributed by atoms with Gasteiger partial charge in [-0.15, -0.1) is 22.7 Å². The second-order valence-electron chi connectivity index (χ2n) is 15.1. The zero-order valence-electron chi connectivity index (χ0n) is 30.5. The molecule has 0 radical (unpaired) electrons. The van der Waals surface area contributed by atoms with E-state index in [-0.39, 0.29) is 0 Å². The minimum absolute atomic E-state index is 1.01. The summed E-state index contributed by atoms with van der Waals surface area (Å²) in [4.78, 5) is 5.44. The van der Waals surface area contributed by atoms with Crippen molar-refractivity contribution in [2.24, 2.45) is 0 Å². The Labute approximate surface area is 335 Å². The summed E-state index contributed by atoms with van der Waals surface area (Å²) in [5, 5.41) is 12.7. The van der Waals surface area contributed by atoms with E-state index in [0.29, 0.717) is 0 Å². The lowest BCUT2D eigenvalue weighted by Crippen LogP contribution is -1.93. The number of hydrogen-bond donors (Lipinski definition) is 0. The molecule has 2 nitrogen and oxygen atoms in total. The summed E-state index contributed by atoms with van der Waals surface area (Å²) in [5.41, 5.74) is 10.4. The fourth-order valence-corrected chi connectivity index (χ4v) is 11.5. The lowest BCUT2D eigenvalue weighted by molar-refractivity contribution is 1.25. The molecule has 4 heteroatoms. The lowest BCUT2D eigenvalue weighted by atomic mass is 9.96. The van der Waals surface area contributed by atoms with Crippen molar-refractivity contribution in [1.82, 2.24) is 9.38 Å². The number of rotatable bonds is 3. The Kier molecular flexibility index (Phi) is 6.51. The molecule has 9 aromatic carbocycles. The minimum atomic E-state index is 1.01. The fourth-order valence-electron chi connectivity index (χ4n) is 9.21. The third-order valence-electron chi connectivity index (χ3n) is 11.9. The lowest BCUT2D eigenvalue weighted by Gasteiger charge is -2.11. The van der Waals surface area contributed by atoms with Gasteiger partial charge in [-0.2, -0.15) is 0 Å². The van der Waals surface area contributed by atoms with Crippen LogP contribution in [0.3, 0.4) is 0 Å². The van der Waals surface area contributed by atoms with Crippen molar-refractivity contribution in [3.05, 3.63) is 182 Å². The Bertz CT molecular complexity index is 3790. The second kappa shape index (κ2) is 11.8. The molecule has 264 valence electrons. The number of nitrogens with zero attached hydrogens (tertiary/aromatic N) is 2. The van der Waals surface area contributed by atoms with Gasteiger partial charge in [0.2, 0.25) is 0 Å². The van der Waals surface area contributed by atoms with Crippen LogP contribution in [0.5, 0.6) is 0 Å². The first-order chi connectivity index (χ1) is 28.2. The second-order valence-corrected chi connectivity index (χ2v) is 17.3. The minimum Gasteiger partial charge on any atom is -0.291 e. The number of aromatic nitrogens is 2. The van der Waals surface area contributed by atoms with Crippen LogP contribution in [0.15, 0.2) is 182 Å². The van der Waals surface area contributed by atoms with Gasteiger partial charge < -0.3 is 0 Å². The first kappa shape index (κ1) is 31.4. The van der Waals surface area contributed by atoms with Crippen molar-refractivity contribution in [2.45, 2.75) is 0 Å². The molecule has 0 N–H and O–H groups in total. The highest BCUT2D eigenvalue weighted by Crippen LogP contribution is 2.44. The Morgan fingerprint density at radius 2 is 1.02 bits per heavy atom. The molecule has 0 saturated heterocycles. The molecule has 0 amide bonds.